The van der Waals surface area contributed by atoms with E-state index >= 15 is 0 Å². The fourth-order valence-corrected chi connectivity index (χ4v) is 7.71. The molecule has 1 heterocycles. The van der Waals surface area contributed by atoms with Crippen LogP contribution in [0.1, 0.15) is 181 Å². The molecule has 0 radical (unpaired) electrons. The SMILES string of the molecule is CC/C=C\C/C=C\C/C=C\C/C=C\C/C=C\CCCCCCOCC(COC1OC(CO)C(O)C(OS(=O)(=O)O)C1O)OC(=O)CCCCCCCCCCC/C=C\C/C=C\CCCCC. The summed E-state index contributed by atoms with van der Waals surface area (Å²) in [4.78, 5) is 12.9. The molecule has 6 unspecified atom stereocenters. The van der Waals surface area contributed by atoms with Gasteiger partial charge >= 0.3 is 16.4 Å². The van der Waals surface area contributed by atoms with Crippen molar-refractivity contribution in [3.63, 3.8) is 0 Å². The van der Waals surface area contributed by atoms with Crippen LogP contribution >= 0.6 is 0 Å². The molecule has 0 aliphatic carbocycles. The molecule has 0 aromatic rings. The lowest BCUT2D eigenvalue weighted by molar-refractivity contribution is -0.301. The van der Waals surface area contributed by atoms with Crippen LogP contribution in [-0.4, -0.2) is 97.5 Å². The largest absolute Gasteiger partial charge is 0.457 e. The van der Waals surface area contributed by atoms with Gasteiger partial charge in [0.1, 0.15) is 30.5 Å². The molecule has 0 spiro atoms. The monoisotopic (exact) mass is 951 g/mol. The Kier molecular flexibility index (Phi) is 40.4. The van der Waals surface area contributed by atoms with Crippen LogP contribution < -0.4 is 0 Å². The predicted molar refractivity (Wildman–Crippen MR) is 266 cm³/mol. The molecule has 0 aromatic carbocycles. The second kappa shape index (κ2) is 43.6. The van der Waals surface area contributed by atoms with Gasteiger partial charge in [-0.05, 0) is 89.9 Å². The lowest BCUT2D eigenvalue weighted by Crippen LogP contribution is -2.60. The maximum absolute atomic E-state index is 12.9. The summed E-state index contributed by atoms with van der Waals surface area (Å²) < 4.78 is 59.2. The van der Waals surface area contributed by atoms with Crippen molar-refractivity contribution in [1.82, 2.24) is 0 Å². The van der Waals surface area contributed by atoms with Gasteiger partial charge in [0.05, 0.1) is 19.8 Å². The summed E-state index contributed by atoms with van der Waals surface area (Å²) in [6.07, 6.45) is 48.9. The Balaban J connectivity index is 2.41. The number of allylic oxidation sites excluding steroid dienone is 14. The Morgan fingerprint density at radius 2 is 1.05 bits per heavy atom. The van der Waals surface area contributed by atoms with Crippen molar-refractivity contribution in [3.05, 3.63) is 85.1 Å². The average molecular weight is 951 g/mol. The van der Waals surface area contributed by atoms with Crippen LogP contribution in [-0.2, 0) is 38.3 Å². The van der Waals surface area contributed by atoms with Crippen molar-refractivity contribution >= 4 is 16.4 Å². The molecule has 12 nitrogen and oxygen atoms in total. The normalized spacial score (nSPS) is 20.2. The summed E-state index contributed by atoms with van der Waals surface area (Å²) in [7, 11) is -5.07. The van der Waals surface area contributed by atoms with Gasteiger partial charge in [-0.1, -0.05) is 170 Å². The van der Waals surface area contributed by atoms with E-state index in [1.54, 1.807) is 0 Å². The van der Waals surface area contributed by atoms with E-state index < -0.39 is 59.8 Å². The van der Waals surface area contributed by atoms with Gasteiger partial charge in [-0.25, -0.2) is 4.18 Å². The minimum Gasteiger partial charge on any atom is -0.457 e. The zero-order valence-electron chi connectivity index (χ0n) is 40.7. The van der Waals surface area contributed by atoms with Gasteiger partial charge in [-0.15, -0.1) is 0 Å². The molecule has 380 valence electrons. The van der Waals surface area contributed by atoms with Crippen molar-refractivity contribution in [2.75, 3.05) is 26.4 Å². The highest BCUT2D eigenvalue weighted by molar-refractivity contribution is 7.80. The molecule has 0 aromatic heterocycles. The summed E-state index contributed by atoms with van der Waals surface area (Å²) in [5.74, 6) is -0.416. The van der Waals surface area contributed by atoms with E-state index in [1.807, 2.05) is 0 Å². The molecule has 6 atom stereocenters. The van der Waals surface area contributed by atoms with Crippen LogP contribution in [0.3, 0.4) is 0 Å². The number of carbonyl (C=O) groups is 1. The summed E-state index contributed by atoms with van der Waals surface area (Å²) in [6.45, 7) is 3.78. The van der Waals surface area contributed by atoms with Gasteiger partial charge in [0.15, 0.2) is 6.29 Å². The van der Waals surface area contributed by atoms with E-state index in [2.05, 4.69) is 103 Å². The quantitative estimate of drug-likeness (QED) is 0.0197. The summed E-state index contributed by atoms with van der Waals surface area (Å²) in [5, 5.41) is 30.8. The Bertz CT molecular complexity index is 1470. The third kappa shape index (κ3) is 36.3. The van der Waals surface area contributed by atoms with Gasteiger partial charge < -0.3 is 34.3 Å². The van der Waals surface area contributed by atoms with Crippen LogP contribution in [0, 0.1) is 0 Å². The highest BCUT2D eigenvalue weighted by Gasteiger charge is 2.48. The number of aliphatic hydroxyl groups is 3. The van der Waals surface area contributed by atoms with Crippen LogP contribution in [0.15, 0.2) is 85.1 Å². The van der Waals surface area contributed by atoms with E-state index in [0.29, 0.717) is 13.0 Å². The van der Waals surface area contributed by atoms with Crippen molar-refractivity contribution in [2.45, 2.75) is 218 Å². The lowest BCUT2D eigenvalue weighted by atomic mass is 9.99. The van der Waals surface area contributed by atoms with Gasteiger partial charge in [-0.2, -0.15) is 8.42 Å². The molecule has 1 aliphatic heterocycles. The van der Waals surface area contributed by atoms with Crippen LogP contribution in [0.25, 0.3) is 0 Å². The van der Waals surface area contributed by atoms with Gasteiger partial charge in [0.2, 0.25) is 0 Å². The number of esters is 1. The molecular formula is C53H90O12S. The highest BCUT2D eigenvalue weighted by Crippen LogP contribution is 2.26. The third-order valence-corrected chi connectivity index (χ3v) is 11.5. The number of hydrogen-bond donors (Lipinski definition) is 4. The van der Waals surface area contributed by atoms with E-state index in [0.717, 1.165) is 96.3 Å². The van der Waals surface area contributed by atoms with E-state index in [4.69, 9.17) is 18.9 Å². The van der Waals surface area contributed by atoms with E-state index in [1.165, 1.54) is 57.8 Å². The van der Waals surface area contributed by atoms with E-state index in [-0.39, 0.29) is 19.6 Å². The maximum Gasteiger partial charge on any atom is 0.397 e. The summed E-state index contributed by atoms with van der Waals surface area (Å²) >= 11 is 0. The van der Waals surface area contributed by atoms with Crippen molar-refractivity contribution in [2.24, 2.45) is 0 Å². The first kappa shape index (κ1) is 61.3. The maximum atomic E-state index is 12.9. The highest BCUT2D eigenvalue weighted by atomic mass is 32.3. The smallest absolute Gasteiger partial charge is 0.397 e. The first-order chi connectivity index (χ1) is 32.1. The molecule has 0 amide bonds. The van der Waals surface area contributed by atoms with Crippen LogP contribution in [0.2, 0.25) is 0 Å². The zero-order chi connectivity index (χ0) is 48.2. The molecular weight excluding hydrogens is 861 g/mol. The number of rotatable bonds is 43. The average Bonchev–Trinajstić information content (AvgIpc) is 3.29. The molecule has 1 aliphatic rings. The standard InChI is InChI=1S/C53H90O12S/c1-3-5-7-9-11-13-15-17-19-21-23-25-27-29-31-33-35-37-39-41-43-61-45-47(46-62-53-51(57)52(65-66(58,59)60)50(56)48(44-54)64-53)63-49(55)42-40-38-36-34-32-30-28-26-24-22-20-18-16-14-12-10-8-6-4-2/h5,7,11-14,17-20,23,25,29,31,47-48,50-54,56-57H,3-4,6,8-10,15-16,21-22,24,26-28,30,32-46H2,1-2H3,(H,58,59,60)/b7-5-,13-11-,14-12-,19-17-,20-18-,25-23-,31-29-. The predicted octanol–water partition coefficient (Wildman–Crippen LogP) is 11.6. The second-order valence-corrected chi connectivity index (χ2v) is 18.1. The van der Waals surface area contributed by atoms with Crippen molar-refractivity contribution in [1.29, 1.82) is 0 Å². The van der Waals surface area contributed by atoms with Crippen LogP contribution in [0.4, 0.5) is 0 Å². The van der Waals surface area contributed by atoms with Gasteiger partial charge in [0.25, 0.3) is 0 Å². The fraction of sp³-hybridized carbons (Fsp3) is 0.717. The molecule has 1 fully saturated rings. The summed E-state index contributed by atoms with van der Waals surface area (Å²) in [6, 6.07) is 0. The number of hydrogen-bond acceptors (Lipinski definition) is 11. The first-order valence-corrected chi connectivity index (χ1v) is 26.7. The van der Waals surface area contributed by atoms with E-state index in [9.17, 15) is 33.1 Å². The lowest BCUT2D eigenvalue weighted by Gasteiger charge is -2.41. The van der Waals surface area contributed by atoms with Gasteiger partial charge in [-0.3, -0.25) is 9.35 Å². The molecule has 1 saturated heterocycles. The molecule has 66 heavy (non-hydrogen) atoms. The fourth-order valence-electron chi connectivity index (χ4n) is 7.20. The summed E-state index contributed by atoms with van der Waals surface area (Å²) in [5.41, 5.74) is 0. The first-order valence-electron chi connectivity index (χ1n) is 25.3. The Hall–Kier alpha value is -2.72. The second-order valence-electron chi connectivity index (χ2n) is 17.0. The topological polar surface area (TPSA) is 178 Å². The molecule has 0 bridgehead atoms. The number of ether oxygens (including phenoxy) is 4. The Morgan fingerprint density at radius 3 is 1.53 bits per heavy atom. The number of unbranched alkanes of at least 4 members (excludes halogenated alkanes) is 16. The van der Waals surface area contributed by atoms with Gasteiger partial charge in [0, 0.05) is 13.0 Å². The Labute approximate surface area is 400 Å². The zero-order valence-corrected chi connectivity index (χ0v) is 41.5. The minimum absolute atomic E-state index is 0.0123. The molecule has 1 rings (SSSR count). The van der Waals surface area contributed by atoms with Crippen molar-refractivity contribution in [3.8, 4) is 0 Å². The van der Waals surface area contributed by atoms with Crippen molar-refractivity contribution < 1.29 is 56.2 Å². The molecule has 0 saturated carbocycles. The third-order valence-electron chi connectivity index (χ3n) is 11.0. The molecule has 4 N–H and O–H groups in total. The molecule has 13 heteroatoms. The van der Waals surface area contributed by atoms with Crippen LogP contribution in [0.5, 0.6) is 0 Å². The Morgan fingerprint density at radius 1 is 0.591 bits per heavy atom. The minimum atomic E-state index is -5.07. The number of carbonyl (C=O) groups excluding carboxylic acids is 1. The number of aliphatic hydroxyl groups excluding tert-OH is 3.